The van der Waals surface area contributed by atoms with Crippen molar-refractivity contribution in [2.24, 2.45) is 5.92 Å². The van der Waals surface area contributed by atoms with Crippen LogP contribution in [0.3, 0.4) is 0 Å². The molecule has 0 fully saturated rings. The lowest BCUT2D eigenvalue weighted by Crippen LogP contribution is -2.32. The van der Waals surface area contributed by atoms with Crippen molar-refractivity contribution in [2.45, 2.75) is 13.8 Å². The largest absolute Gasteiger partial charge is 0.378 e. The normalized spacial score (nSPS) is 10.3. The number of hydrogen-bond acceptors (Lipinski definition) is 6. The molecule has 8 nitrogen and oxygen atoms in total. The van der Waals surface area contributed by atoms with Crippen LogP contribution in [-0.2, 0) is 4.79 Å². The Kier molecular flexibility index (Phi) is 5.04. The average Bonchev–Trinajstić information content (AvgIpc) is 2.33. The van der Waals surface area contributed by atoms with Gasteiger partial charge in [-0.3, -0.25) is 14.9 Å². The van der Waals surface area contributed by atoms with E-state index in [0.29, 0.717) is 18.3 Å². The standard InChI is InChI=1S/C11H17N5O3/c1-7(2)5-14-10(17)6-13-9-4-3-8(16(18)19)11(12)15-9/h3-4,7H,5-6H2,1-2H3,(H,14,17)(H3,12,13,15). The molecule has 1 amide bonds. The van der Waals surface area contributed by atoms with Gasteiger partial charge < -0.3 is 16.4 Å². The SMILES string of the molecule is CC(C)CNC(=O)CNc1ccc([N+](=O)[O-])c(N)n1. The first-order valence-electron chi connectivity index (χ1n) is 5.81. The molecule has 104 valence electrons. The van der Waals surface area contributed by atoms with E-state index >= 15 is 0 Å². The molecule has 0 saturated carbocycles. The van der Waals surface area contributed by atoms with Gasteiger partial charge in [-0.2, -0.15) is 0 Å². The molecule has 19 heavy (non-hydrogen) atoms. The molecular weight excluding hydrogens is 250 g/mol. The average molecular weight is 267 g/mol. The molecule has 0 atom stereocenters. The van der Waals surface area contributed by atoms with Crippen molar-refractivity contribution < 1.29 is 9.72 Å². The highest BCUT2D eigenvalue weighted by Gasteiger charge is 2.13. The molecule has 0 aliphatic carbocycles. The maximum absolute atomic E-state index is 11.4. The Hall–Kier alpha value is -2.38. The third kappa shape index (κ3) is 4.78. The second-order valence-electron chi connectivity index (χ2n) is 4.41. The first kappa shape index (κ1) is 14.7. The van der Waals surface area contributed by atoms with Gasteiger partial charge >= 0.3 is 5.69 Å². The Balaban J connectivity index is 2.52. The van der Waals surface area contributed by atoms with E-state index in [1.165, 1.54) is 12.1 Å². The van der Waals surface area contributed by atoms with Crippen molar-refractivity contribution in [1.29, 1.82) is 0 Å². The first-order chi connectivity index (χ1) is 8.90. The maximum atomic E-state index is 11.4. The van der Waals surface area contributed by atoms with E-state index in [-0.39, 0.29) is 24.0 Å². The van der Waals surface area contributed by atoms with E-state index in [1.807, 2.05) is 13.8 Å². The Morgan fingerprint density at radius 3 is 2.74 bits per heavy atom. The quantitative estimate of drug-likeness (QED) is 0.516. The fraction of sp³-hybridized carbons (Fsp3) is 0.455. The van der Waals surface area contributed by atoms with Gasteiger partial charge in [0, 0.05) is 12.6 Å². The topological polar surface area (TPSA) is 123 Å². The number of aromatic nitrogens is 1. The summed E-state index contributed by atoms with van der Waals surface area (Å²) < 4.78 is 0. The number of carbonyl (C=O) groups is 1. The lowest BCUT2D eigenvalue weighted by atomic mass is 10.2. The van der Waals surface area contributed by atoms with Gasteiger partial charge in [0.05, 0.1) is 11.5 Å². The summed E-state index contributed by atoms with van der Waals surface area (Å²) in [5.41, 5.74) is 5.18. The summed E-state index contributed by atoms with van der Waals surface area (Å²) in [7, 11) is 0. The minimum absolute atomic E-state index is 0.0387. The van der Waals surface area contributed by atoms with Gasteiger partial charge in [0.1, 0.15) is 5.82 Å². The van der Waals surface area contributed by atoms with Gasteiger partial charge in [-0.05, 0) is 12.0 Å². The minimum atomic E-state index is -0.610. The van der Waals surface area contributed by atoms with Crippen molar-refractivity contribution in [3.05, 3.63) is 22.2 Å². The van der Waals surface area contributed by atoms with Crippen LogP contribution in [0.15, 0.2) is 12.1 Å². The van der Waals surface area contributed by atoms with Crippen LogP contribution in [0.1, 0.15) is 13.8 Å². The van der Waals surface area contributed by atoms with Gasteiger partial charge in [-0.15, -0.1) is 0 Å². The molecule has 1 aromatic heterocycles. The number of nitrogens with one attached hydrogen (secondary N) is 2. The summed E-state index contributed by atoms with van der Waals surface area (Å²) in [6, 6.07) is 2.65. The van der Waals surface area contributed by atoms with E-state index in [4.69, 9.17) is 5.73 Å². The van der Waals surface area contributed by atoms with Gasteiger partial charge in [-0.25, -0.2) is 4.98 Å². The molecule has 0 aliphatic heterocycles. The van der Waals surface area contributed by atoms with E-state index in [2.05, 4.69) is 15.6 Å². The molecule has 0 unspecified atom stereocenters. The number of hydrogen-bond donors (Lipinski definition) is 3. The Labute approximate surface area is 110 Å². The lowest BCUT2D eigenvalue weighted by molar-refractivity contribution is -0.384. The zero-order valence-corrected chi connectivity index (χ0v) is 10.8. The van der Waals surface area contributed by atoms with E-state index in [1.54, 1.807) is 0 Å². The van der Waals surface area contributed by atoms with Crippen molar-refractivity contribution in [3.8, 4) is 0 Å². The van der Waals surface area contributed by atoms with E-state index in [9.17, 15) is 14.9 Å². The van der Waals surface area contributed by atoms with Crippen LogP contribution >= 0.6 is 0 Å². The summed E-state index contributed by atoms with van der Waals surface area (Å²) in [4.78, 5) is 25.2. The highest BCUT2D eigenvalue weighted by atomic mass is 16.6. The Bertz CT molecular complexity index is 475. The highest BCUT2D eigenvalue weighted by molar-refractivity contribution is 5.80. The van der Waals surface area contributed by atoms with Crippen LogP contribution in [0.4, 0.5) is 17.3 Å². The van der Waals surface area contributed by atoms with E-state index < -0.39 is 4.92 Å². The number of nitrogen functional groups attached to an aromatic ring is 1. The van der Waals surface area contributed by atoms with Crippen LogP contribution in [0.2, 0.25) is 0 Å². The molecule has 1 rings (SSSR count). The van der Waals surface area contributed by atoms with Crippen molar-refractivity contribution in [2.75, 3.05) is 24.1 Å². The molecule has 0 saturated heterocycles. The predicted octanol–water partition coefficient (Wildman–Crippen LogP) is 0.756. The molecule has 4 N–H and O–H groups in total. The molecule has 0 bridgehead atoms. The fourth-order valence-corrected chi connectivity index (χ4v) is 1.27. The van der Waals surface area contributed by atoms with Gasteiger partial charge in [-0.1, -0.05) is 13.8 Å². The lowest BCUT2D eigenvalue weighted by Gasteiger charge is -2.09. The summed E-state index contributed by atoms with van der Waals surface area (Å²) in [5.74, 6) is 0.338. The second kappa shape index (κ2) is 6.53. The smallest absolute Gasteiger partial charge is 0.311 e. The summed E-state index contributed by atoms with van der Waals surface area (Å²) in [5, 5.41) is 16.0. The summed E-state index contributed by atoms with van der Waals surface area (Å²) >= 11 is 0. The zero-order chi connectivity index (χ0) is 14.4. The molecule has 0 radical (unpaired) electrons. The number of pyridine rings is 1. The van der Waals surface area contributed by atoms with Crippen molar-refractivity contribution in [3.63, 3.8) is 0 Å². The van der Waals surface area contributed by atoms with E-state index in [0.717, 1.165) is 0 Å². The number of nitrogens with zero attached hydrogens (tertiary/aromatic N) is 2. The van der Waals surface area contributed by atoms with Gasteiger partial charge in [0.2, 0.25) is 11.7 Å². The Morgan fingerprint density at radius 2 is 2.21 bits per heavy atom. The third-order valence-electron chi connectivity index (χ3n) is 2.24. The molecule has 1 aromatic rings. The monoisotopic (exact) mass is 267 g/mol. The maximum Gasteiger partial charge on any atom is 0.311 e. The first-order valence-corrected chi connectivity index (χ1v) is 5.81. The number of rotatable bonds is 6. The van der Waals surface area contributed by atoms with Crippen LogP contribution in [0.5, 0.6) is 0 Å². The summed E-state index contributed by atoms with van der Waals surface area (Å²) in [6.45, 7) is 4.62. The van der Waals surface area contributed by atoms with Crippen LogP contribution in [-0.4, -0.2) is 28.9 Å². The van der Waals surface area contributed by atoms with Gasteiger partial charge in [0.15, 0.2) is 0 Å². The third-order valence-corrected chi connectivity index (χ3v) is 2.24. The Morgan fingerprint density at radius 1 is 1.53 bits per heavy atom. The molecule has 0 aliphatic rings. The highest BCUT2D eigenvalue weighted by Crippen LogP contribution is 2.20. The zero-order valence-electron chi connectivity index (χ0n) is 10.8. The molecular formula is C11H17N5O3. The number of nitrogens with two attached hydrogens (primary N) is 1. The van der Waals surface area contributed by atoms with Crippen LogP contribution < -0.4 is 16.4 Å². The van der Waals surface area contributed by atoms with Crippen molar-refractivity contribution in [1.82, 2.24) is 10.3 Å². The van der Waals surface area contributed by atoms with Crippen LogP contribution in [0, 0.1) is 16.0 Å². The number of amides is 1. The minimum Gasteiger partial charge on any atom is -0.378 e. The van der Waals surface area contributed by atoms with Crippen molar-refractivity contribution >= 4 is 23.2 Å². The number of anilines is 2. The molecule has 1 heterocycles. The van der Waals surface area contributed by atoms with Gasteiger partial charge in [0.25, 0.3) is 0 Å². The number of carbonyl (C=O) groups excluding carboxylic acids is 1. The second-order valence-corrected chi connectivity index (χ2v) is 4.41. The molecule has 0 spiro atoms. The van der Waals surface area contributed by atoms with Crippen LogP contribution in [0.25, 0.3) is 0 Å². The molecule has 8 heteroatoms. The number of nitro groups is 1. The molecule has 0 aromatic carbocycles. The predicted molar refractivity (Wildman–Crippen MR) is 71.6 cm³/mol. The summed E-state index contributed by atoms with van der Waals surface area (Å²) in [6.07, 6.45) is 0. The fourth-order valence-electron chi connectivity index (χ4n) is 1.27.